The number of hydrogen-bond acceptors (Lipinski definition) is 15. The molecule has 0 fully saturated rings. The summed E-state index contributed by atoms with van der Waals surface area (Å²) in [6.45, 7) is 0. The van der Waals surface area contributed by atoms with E-state index in [1.165, 1.54) is 61.9 Å². The van der Waals surface area contributed by atoms with E-state index in [0.717, 1.165) is 133 Å². The third-order valence-electron chi connectivity index (χ3n) is 25.4. The van der Waals surface area contributed by atoms with Crippen LogP contribution in [0, 0.1) is 34.0 Å². The number of thiophene rings is 2. The summed E-state index contributed by atoms with van der Waals surface area (Å²) < 4.78 is 18.4. The fraction of sp³-hybridized carbons (Fsp3) is 0. The number of nitrogens with zero attached hydrogens (tertiary/aromatic N) is 15. The standard InChI is InChI=1S/C40H23N5O.2C40H23N5S/c2*41-24-25-10-8-13-27(20-25)39-42-38(26-11-2-1-3-12-26)43-40(44-39)28-14-9-15-29(21-28)45-34-18-6-4-16-30(34)32-23-37-33(22-35(32)45)31-17-5-7-19-36(31)46-37;41-24-25-17-19-27(20-18-25)39-42-38(26-9-2-1-3-10-26)43-40(44-39)28-11-8-12-29(21-28)45-34-15-6-4-13-30(34)32-23-37-33(22-35(32)45)31-14-5-7-16-36(31)46-37/h3*1-23H. The lowest BCUT2D eigenvalue weighted by atomic mass is 10.1. The first kappa shape index (κ1) is 81.1. The van der Waals surface area contributed by atoms with Crippen molar-refractivity contribution < 1.29 is 4.42 Å². The van der Waals surface area contributed by atoms with Crippen LogP contribution in [0.4, 0.5) is 0 Å². The van der Waals surface area contributed by atoms with E-state index in [1.54, 1.807) is 24.3 Å². The second-order valence-corrected chi connectivity index (χ2v) is 35.9. The molecule has 0 unspecified atom stereocenters. The van der Waals surface area contributed by atoms with Crippen LogP contribution in [0.15, 0.2) is 423 Å². The van der Waals surface area contributed by atoms with Crippen molar-refractivity contribution in [2.24, 2.45) is 0 Å². The number of furan rings is 1. The smallest absolute Gasteiger partial charge is 0.164 e. The zero-order chi connectivity index (χ0) is 91.8. The van der Waals surface area contributed by atoms with Crippen LogP contribution in [0.3, 0.4) is 0 Å². The molecule has 9 aromatic heterocycles. The molecule has 9 heterocycles. The molecule has 18 aromatic carbocycles. The first-order valence-corrected chi connectivity index (χ1v) is 46.7. The zero-order valence-electron chi connectivity index (χ0n) is 73.3. The SMILES string of the molecule is N#Cc1ccc(-c2nc(-c3ccccc3)nc(-c3cccc(-n4c5ccccc5c5cc6sc7ccccc7c6cc54)c3)n2)cc1.N#Cc1cccc(-c2nc(-c3ccccc3)nc(-c3cccc(-n4c5ccccc5c5cc6oc7ccccc7c6cc54)c3)n2)c1.N#Cc1cccc(-c2nc(-c3ccccc3)nc(-c3cccc(-n4c5ccccc5c5cc6sc7ccccc7c6cc54)c3)n2)c1. The Morgan fingerprint density at radius 3 is 0.848 bits per heavy atom. The molecular formula is C120H69N15OS2. The molecule has 18 heteroatoms. The van der Waals surface area contributed by atoms with E-state index in [2.05, 4.69) is 250 Å². The third kappa shape index (κ3) is 14.6. The number of benzene rings is 18. The maximum Gasteiger partial charge on any atom is 0.164 e. The largest absolute Gasteiger partial charge is 0.456 e. The van der Waals surface area contributed by atoms with Gasteiger partial charge >= 0.3 is 0 Å². The Labute approximate surface area is 796 Å². The van der Waals surface area contributed by atoms with Crippen LogP contribution in [0.5, 0.6) is 0 Å². The minimum atomic E-state index is 0.512. The second kappa shape index (κ2) is 34.0. The van der Waals surface area contributed by atoms with Gasteiger partial charge in [-0.2, -0.15) is 15.8 Å². The highest BCUT2D eigenvalue weighted by molar-refractivity contribution is 7.26. The first-order chi connectivity index (χ1) is 68.2. The molecule has 0 bridgehead atoms. The van der Waals surface area contributed by atoms with Crippen molar-refractivity contribution in [3.8, 4) is 138 Å². The van der Waals surface area contributed by atoms with E-state index in [4.69, 9.17) is 49.3 Å². The van der Waals surface area contributed by atoms with E-state index in [9.17, 15) is 15.8 Å². The van der Waals surface area contributed by atoms with Crippen molar-refractivity contribution in [2.45, 2.75) is 0 Å². The Bertz CT molecular complexity index is 9370. The molecule has 0 aliphatic rings. The van der Waals surface area contributed by atoms with E-state index >= 15 is 0 Å². The maximum atomic E-state index is 9.54. The van der Waals surface area contributed by atoms with Gasteiger partial charge in [0.05, 0.1) is 68.0 Å². The van der Waals surface area contributed by atoms with Crippen LogP contribution < -0.4 is 0 Å². The molecule has 0 radical (unpaired) electrons. The Kier molecular flexibility index (Phi) is 20.0. The Morgan fingerprint density at radius 1 is 0.181 bits per heavy atom. The van der Waals surface area contributed by atoms with Gasteiger partial charge in [-0.3, -0.25) is 0 Å². The topological polar surface area (TPSA) is 215 Å². The molecular weight excluding hydrogens is 1730 g/mol. The lowest BCUT2D eigenvalue weighted by Crippen LogP contribution is -2.01. The van der Waals surface area contributed by atoms with Crippen LogP contribution in [0.1, 0.15) is 16.7 Å². The minimum Gasteiger partial charge on any atom is -0.456 e. The normalized spacial score (nSPS) is 11.5. The van der Waals surface area contributed by atoms with Crippen molar-refractivity contribution in [3.05, 3.63) is 435 Å². The number of rotatable bonds is 12. The molecule has 27 aromatic rings. The summed E-state index contributed by atoms with van der Waals surface area (Å²) in [5.74, 6) is 5.05. The minimum absolute atomic E-state index is 0.512. The Morgan fingerprint density at radius 2 is 0.471 bits per heavy atom. The number of nitriles is 3. The quantitative estimate of drug-likeness (QED) is 0.111. The molecule has 27 rings (SSSR count). The van der Waals surface area contributed by atoms with Gasteiger partial charge in [-0.15, -0.1) is 22.7 Å². The van der Waals surface area contributed by atoms with Gasteiger partial charge in [-0.1, -0.05) is 261 Å². The van der Waals surface area contributed by atoms with Crippen molar-refractivity contribution in [3.63, 3.8) is 0 Å². The fourth-order valence-electron chi connectivity index (χ4n) is 18.9. The summed E-state index contributed by atoms with van der Waals surface area (Å²) in [7, 11) is 0. The second-order valence-electron chi connectivity index (χ2n) is 33.7. The summed E-state index contributed by atoms with van der Waals surface area (Å²) in [5, 5.41) is 42.8. The number of para-hydroxylation sites is 4. The zero-order valence-corrected chi connectivity index (χ0v) is 74.9. The van der Waals surface area contributed by atoms with Gasteiger partial charge in [-0.05, 0) is 158 Å². The van der Waals surface area contributed by atoms with Gasteiger partial charge in [0.2, 0.25) is 0 Å². The van der Waals surface area contributed by atoms with Crippen LogP contribution in [0.2, 0.25) is 0 Å². The van der Waals surface area contributed by atoms with Crippen molar-refractivity contribution in [1.82, 2.24) is 58.6 Å². The average Bonchev–Trinajstić information content (AvgIpc) is 1.58. The van der Waals surface area contributed by atoms with Crippen LogP contribution in [-0.4, -0.2) is 58.6 Å². The average molecular weight is 1800 g/mol. The monoisotopic (exact) mass is 1800 g/mol. The van der Waals surface area contributed by atoms with Gasteiger partial charge in [0.1, 0.15) is 11.2 Å². The summed E-state index contributed by atoms with van der Waals surface area (Å²) >= 11 is 3.68. The van der Waals surface area contributed by atoms with Crippen molar-refractivity contribution in [1.29, 1.82) is 15.8 Å². The highest BCUT2D eigenvalue weighted by Crippen LogP contribution is 2.46. The number of fused-ring (bicyclic) bond motifs is 18. The molecule has 0 aliphatic heterocycles. The third-order valence-corrected chi connectivity index (χ3v) is 27.6. The van der Waals surface area contributed by atoms with Crippen LogP contribution in [-0.2, 0) is 0 Å². The summed E-state index contributed by atoms with van der Waals surface area (Å²) in [5.41, 5.74) is 21.0. The number of hydrogen-bond donors (Lipinski definition) is 0. The van der Waals surface area contributed by atoms with E-state index < -0.39 is 0 Å². The molecule has 16 nitrogen and oxygen atoms in total. The molecule has 642 valence electrons. The highest BCUT2D eigenvalue weighted by atomic mass is 32.1. The first-order valence-electron chi connectivity index (χ1n) is 45.0. The summed E-state index contributed by atoms with van der Waals surface area (Å²) in [4.78, 5) is 44.2. The highest BCUT2D eigenvalue weighted by Gasteiger charge is 2.25. The molecule has 0 saturated heterocycles. The van der Waals surface area contributed by atoms with Gasteiger partial charge in [0.15, 0.2) is 52.4 Å². The van der Waals surface area contributed by atoms with Crippen molar-refractivity contribution >= 4 is 150 Å². The van der Waals surface area contributed by atoms with E-state index in [0.29, 0.717) is 69.1 Å². The molecule has 0 N–H and O–H groups in total. The predicted molar refractivity (Wildman–Crippen MR) is 559 cm³/mol. The van der Waals surface area contributed by atoms with Gasteiger partial charge in [-0.25, -0.2) is 44.9 Å². The molecule has 138 heavy (non-hydrogen) atoms. The fourth-order valence-corrected chi connectivity index (χ4v) is 21.2. The Balaban J connectivity index is 0.000000110. The lowest BCUT2D eigenvalue weighted by molar-refractivity contribution is 0.669. The Hall–Kier alpha value is -18.9. The molecule has 0 saturated carbocycles. The molecule has 0 amide bonds. The lowest BCUT2D eigenvalue weighted by Gasteiger charge is -2.12. The van der Waals surface area contributed by atoms with Crippen LogP contribution in [0.25, 0.3) is 247 Å². The van der Waals surface area contributed by atoms with Crippen molar-refractivity contribution in [2.75, 3.05) is 0 Å². The number of aromatic nitrogens is 12. The van der Waals surface area contributed by atoms with Gasteiger partial charge in [0.25, 0.3) is 0 Å². The summed E-state index contributed by atoms with van der Waals surface area (Å²) in [6, 6.07) is 148. The molecule has 0 spiro atoms. The van der Waals surface area contributed by atoms with Gasteiger partial charge < -0.3 is 18.1 Å². The van der Waals surface area contributed by atoms with Crippen LogP contribution >= 0.6 is 22.7 Å². The van der Waals surface area contributed by atoms with E-state index in [-0.39, 0.29) is 0 Å². The molecule has 0 atom stereocenters. The predicted octanol–water partition coefficient (Wildman–Crippen LogP) is 30.2. The molecule has 0 aliphatic carbocycles. The maximum absolute atomic E-state index is 9.54. The summed E-state index contributed by atoms with van der Waals surface area (Å²) in [6.07, 6.45) is 0. The van der Waals surface area contributed by atoms with E-state index in [1.807, 2.05) is 199 Å². The van der Waals surface area contributed by atoms with Gasteiger partial charge in [0, 0.05) is 151 Å².